The van der Waals surface area contributed by atoms with Crippen molar-refractivity contribution in [2.45, 2.75) is 56.4 Å². The van der Waals surface area contributed by atoms with E-state index in [-0.39, 0.29) is 40.6 Å². The van der Waals surface area contributed by atoms with Crippen LogP contribution in [0.4, 0.5) is 0 Å². The average Bonchev–Trinajstić information content (AvgIpc) is 3.28. The highest BCUT2D eigenvalue weighted by molar-refractivity contribution is 7.89. The fraction of sp³-hybridized carbons (Fsp3) is 0.619. The van der Waals surface area contributed by atoms with Gasteiger partial charge in [0.25, 0.3) is 5.91 Å². The molecule has 1 aromatic rings. The molecule has 8 nitrogen and oxygen atoms in total. The monoisotopic (exact) mass is 437 g/mol. The minimum Gasteiger partial charge on any atom is -0.495 e. The fourth-order valence-electron chi connectivity index (χ4n) is 4.12. The van der Waals surface area contributed by atoms with Crippen LogP contribution in [0.5, 0.6) is 5.75 Å². The Balaban J connectivity index is 1.73. The maximum atomic E-state index is 13.1. The zero-order valence-electron chi connectivity index (χ0n) is 17.6. The van der Waals surface area contributed by atoms with Crippen molar-refractivity contribution >= 4 is 21.8 Å². The average molecular weight is 438 g/mol. The van der Waals surface area contributed by atoms with Gasteiger partial charge in [0, 0.05) is 24.7 Å². The zero-order chi connectivity index (χ0) is 21.7. The van der Waals surface area contributed by atoms with E-state index in [0.29, 0.717) is 13.1 Å². The molecule has 30 heavy (non-hydrogen) atoms. The Labute approximate surface area is 178 Å². The van der Waals surface area contributed by atoms with Gasteiger partial charge in [0.2, 0.25) is 15.9 Å². The number of carbonyl (C=O) groups excluding carboxylic acids is 2. The highest BCUT2D eigenvalue weighted by atomic mass is 32.2. The summed E-state index contributed by atoms with van der Waals surface area (Å²) in [4.78, 5) is 26.3. The predicted molar refractivity (Wildman–Crippen MR) is 113 cm³/mol. The number of methoxy groups -OCH3 is 1. The Bertz CT molecular complexity index is 881. The van der Waals surface area contributed by atoms with Crippen molar-refractivity contribution in [3.05, 3.63) is 23.8 Å². The molecule has 0 bridgehead atoms. The minimum absolute atomic E-state index is 0.0682. The van der Waals surface area contributed by atoms with E-state index in [1.807, 2.05) is 6.92 Å². The molecule has 2 N–H and O–H groups in total. The molecule has 1 saturated heterocycles. The van der Waals surface area contributed by atoms with E-state index < -0.39 is 15.9 Å². The first-order valence-corrected chi connectivity index (χ1v) is 12.1. The molecule has 3 rings (SSSR count). The summed E-state index contributed by atoms with van der Waals surface area (Å²) in [6, 6.07) is 4.14. The van der Waals surface area contributed by atoms with Crippen LogP contribution in [0.15, 0.2) is 23.1 Å². The molecule has 0 radical (unpaired) electrons. The van der Waals surface area contributed by atoms with Gasteiger partial charge in [0.15, 0.2) is 0 Å². The smallest absolute Gasteiger partial charge is 0.251 e. The van der Waals surface area contributed by atoms with Crippen LogP contribution >= 0.6 is 0 Å². The first-order chi connectivity index (χ1) is 14.3. The Morgan fingerprint density at radius 2 is 1.83 bits per heavy atom. The molecule has 1 aliphatic heterocycles. The van der Waals surface area contributed by atoms with E-state index in [1.165, 1.54) is 25.3 Å². The van der Waals surface area contributed by atoms with Crippen LogP contribution in [0.25, 0.3) is 0 Å². The summed E-state index contributed by atoms with van der Waals surface area (Å²) in [7, 11) is -2.47. The number of sulfonamides is 1. The van der Waals surface area contributed by atoms with E-state index in [2.05, 4.69) is 10.0 Å². The van der Waals surface area contributed by atoms with Crippen LogP contribution in [0, 0.1) is 5.92 Å². The van der Waals surface area contributed by atoms with Gasteiger partial charge in [-0.15, -0.1) is 0 Å². The first kappa shape index (κ1) is 22.6. The lowest BCUT2D eigenvalue weighted by molar-refractivity contribution is -0.129. The molecule has 0 aromatic heterocycles. The number of hydrogen-bond acceptors (Lipinski definition) is 5. The van der Waals surface area contributed by atoms with Crippen molar-refractivity contribution in [3.63, 3.8) is 0 Å². The molecule has 1 aromatic carbocycles. The van der Waals surface area contributed by atoms with Gasteiger partial charge in [-0.05, 0) is 49.8 Å². The summed E-state index contributed by atoms with van der Waals surface area (Å²) >= 11 is 0. The van der Waals surface area contributed by atoms with Crippen molar-refractivity contribution in [1.82, 2.24) is 14.9 Å². The van der Waals surface area contributed by atoms with E-state index in [0.717, 1.165) is 38.5 Å². The molecule has 1 aliphatic carbocycles. The summed E-state index contributed by atoms with van der Waals surface area (Å²) in [5, 5.41) is 2.59. The number of hydrogen-bond donors (Lipinski definition) is 2. The second-order valence-corrected chi connectivity index (χ2v) is 9.81. The Morgan fingerprint density at radius 1 is 1.13 bits per heavy atom. The Hall–Kier alpha value is -2.13. The van der Waals surface area contributed by atoms with Gasteiger partial charge >= 0.3 is 0 Å². The second kappa shape index (κ2) is 9.78. The largest absolute Gasteiger partial charge is 0.495 e. The molecular formula is C21H31N3O5S. The van der Waals surface area contributed by atoms with Gasteiger partial charge in [-0.25, -0.2) is 13.1 Å². The number of ether oxygens (including phenoxy) is 1. The Morgan fingerprint density at radius 3 is 2.50 bits per heavy atom. The SMILES string of the molecule is COc1ccc(C(=O)NCC(=O)N2CCCC2)cc1S(=O)(=O)NC1CCCCC1C. The maximum Gasteiger partial charge on any atom is 0.251 e. The van der Waals surface area contributed by atoms with Crippen LogP contribution in [-0.2, 0) is 14.8 Å². The van der Waals surface area contributed by atoms with Crippen molar-refractivity contribution in [2.75, 3.05) is 26.7 Å². The molecule has 1 saturated carbocycles. The zero-order valence-corrected chi connectivity index (χ0v) is 18.5. The predicted octanol–water partition coefficient (Wildman–Crippen LogP) is 1.90. The van der Waals surface area contributed by atoms with Crippen LogP contribution in [-0.4, -0.2) is 57.9 Å². The molecule has 9 heteroatoms. The van der Waals surface area contributed by atoms with Crippen LogP contribution in [0.1, 0.15) is 55.8 Å². The van der Waals surface area contributed by atoms with Gasteiger partial charge in [0.1, 0.15) is 10.6 Å². The number of carbonyl (C=O) groups is 2. The molecule has 166 valence electrons. The van der Waals surface area contributed by atoms with Crippen LogP contribution < -0.4 is 14.8 Å². The third-order valence-corrected chi connectivity index (χ3v) is 7.50. The van der Waals surface area contributed by atoms with E-state index >= 15 is 0 Å². The topological polar surface area (TPSA) is 105 Å². The van der Waals surface area contributed by atoms with E-state index in [1.54, 1.807) is 4.90 Å². The molecule has 2 aliphatic rings. The number of rotatable bonds is 7. The van der Waals surface area contributed by atoms with Gasteiger partial charge < -0.3 is 15.0 Å². The summed E-state index contributed by atoms with van der Waals surface area (Å²) in [6.45, 7) is 3.37. The third kappa shape index (κ3) is 5.31. The van der Waals surface area contributed by atoms with Crippen molar-refractivity contribution in [2.24, 2.45) is 5.92 Å². The molecule has 2 amide bonds. The molecular weight excluding hydrogens is 406 g/mol. The number of amides is 2. The summed E-state index contributed by atoms with van der Waals surface area (Å²) in [6.07, 6.45) is 5.83. The minimum atomic E-state index is -3.87. The molecule has 2 unspecified atom stereocenters. The lowest BCUT2D eigenvalue weighted by Crippen LogP contribution is -2.41. The highest BCUT2D eigenvalue weighted by Crippen LogP contribution is 2.29. The van der Waals surface area contributed by atoms with Gasteiger partial charge in [-0.3, -0.25) is 9.59 Å². The van der Waals surface area contributed by atoms with E-state index in [4.69, 9.17) is 4.74 Å². The lowest BCUT2D eigenvalue weighted by atomic mass is 9.87. The normalized spacial score (nSPS) is 22.0. The van der Waals surface area contributed by atoms with Crippen LogP contribution in [0.3, 0.4) is 0 Å². The number of nitrogens with one attached hydrogen (secondary N) is 2. The Kier molecular flexibility index (Phi) is 7.36. The van der Waals surface area contributed by atoms with Gasteiger partial charge in [-0.1, -0.05) is 19.8 Å². The lowest BCUT2D eigenvalue weighted by Gasteiger charge is -2.29. The van der Waals surface area contributed by atoms with Crippen molar-refractivity contribution in [1.29, 1.82) is 0 Å². The number of benzene rings is 1. The summed E-state index contributed by atoms with van der Waals surface area (Å²) < 4.78 is 34.1. The molecule has 0 spiro atoms. The van der Waals surface area contributed by atoms with Crippen molar-refractivity contribution < 1.29 is 22.7 Å². The van der Waals surface area contributed by atoms with E-state index in [9.17, 15) is 18.0 Å². The summed E-state index contributed by atoms with van der Waals surface area (Å²) in [5.74, 6) is -0.193. The standard InChI is InChI=1S/C21H31N3O5S/c1-15-7-3-4-8-17(15)23-30(27,28)19-13-16(9-10-18(19)29-2)21(26)22-14-20(25)24-11-5-6-12-24/h9-10,13,15,17,23H,3-8,11-12,14H2,1-2H3,(H,22,26). The molecule has 2 fully saturated rings. The maximum absolute atomic E-state index is 13.1. The quantitative estimate of drug-likeness (QED) is 0.678. The first-order valence-electron chi connectivity index (χ1n) is 10.6. The highest BCUT2D eigenvalue weighted by Gasteiger charge is 2.29. The van der Waals surface area contributed by atoms with Crippen LogP contribution in [0.2, 0.25) is 0 Å². The molecule has 1 heterocycles. The number of nitrogens with zero attached hydrogens (tertiary/aromatic N) is 1. The van der Waals surface area contributed by atoms with Crippen molar-refractivity contribution in [3.8, 4) is 5.75 Å². The summed E-state index contributed by atoms with van der Waals surface area (Å²) in [5.41, 5.74) is 0.169. The molecule has 2 atom stereocenters. The second-order valence-electron chi connectivity index (χ2n) is 8.13. The van der Waals surface area contributed by atoms with Gasteiger partial charge in [-0.2, -0.15) is 0 Å². The number of likely N-dealkylation sites (tertiary alicyclic amines) is 1. The van der Waals surface area contributed by atoms with Gasteiger partial charge in [0.05, 0.1) is 13.7 Å². The fourth-order valence-corrected chi connectivity index (χ4v) is 5.69. The third-order valence-electron chi connectivity index (χ3n) is 5.99.